The van der Waals surface area contributed by atoms with Crippen LogP contribution in [0.1, 0.15) is 49.7 Å². The Labute approximate surface area is 188 Å². The molecule has 5 rings (SSSR count). The maximum atomic E-state index is 14.0. The molecule has 1 saturated carbocycles. The van der Waals surface area contributed by atoms with Crippen LogP contribution in [0.3, 0.4) is 0 Å². The van der Waals surface area contributed by atoms with Crippen molar-refractivity contribution in [2.24, 2.45) is 0 Å². The van der Waals surface area contributed by atoms with Gasteiger partial charge in [0.05, 0.1) is 5.41 Å². The Hall–Kier alpha value is -2.60. The van der Waals surface area contributed by atoms with Crippen molar-refractivity contribution in [3.8, 4) is 11.5 Å². The van der Waals surface area contributed by atoms with Crippen LogP contribution in [-0.4, -0.2) is 38.9 Å². The quantitative estimate of drug-likeness (QED) is 0.756. The lowest BCUT2D eigenvalue weighted by Crippen LogP contribution is -2.50. The van der Waals surface area contributed by atoms with Gasteiger partial charge in [0.1, 0.15) is 19.0 Å². The van der Waals surface area contributed by atoms with E-state index in [1.165, 1.54) is 6.07 Å². The fourth-order valence-electron chi connectivity index (χ4n) is 5.53. The van der Waals surface area contributed by atoms with Crippen LogP contribution in [0.25, 0.3) is 0 Å². The summed E-state index contributed by atoms with van der Waals surface area (Å²) in [7, 11) is 0. The van der Waals surface area contributed by atoms with E-state index in [4.69, 9.17) is 14.2 Å². The molecule has 6 heteroatoms. The van der Waals surface area contributed by atoms with Crippen molar-refractivity contribution in [2.75, 3.05) is 33.0 Å². The van der Waals surface area contributed by atoms with Gasteiger partial charge in [0.25, 0.3) is 0 Å². The highest BCUT2D eigenvalue weighted by molar-refractivity contribution is 5.89. The van der Waals surface area contributed by atoms with Crippen molar-refractivity contribution in [3.63, 3.8) is 0 Å². The van der Waals surface area contributed by atoms with E-state index in [0.717, 1.165) is 55.4 Å². The van der Waals surface area contributed by atoms with E-state index in [9.17, 15) is 9.18 Å². The molecule has 0 atom stereocenters. The Morgan fingerprint density at radius 2 is 1.62 bits per heavy atom. The van der Waals surface area contributed by atoms with Gasteiger partial charge in [-0.1, -0.05) is 31.0 Å². The minimum atomic E-state index is -0.565. The van der Waals surface area contributed by atoms with Gasteiger partial charge in [0, 0.05) is 25.2 Å². The van der Waals surface area contributed by atoms with Crippen molar-refractivity contribution < 1.29 is 23.4 Å². The predicted octanol–water partition coefficient (Wildman–Crippen LogP) is 4.27. The summed E-state index contributed by atoms with van der Waals surface area (Å²) in [5.74, 6) is 1.26. The molecule has 5 nitrogen and oxygen atoms in total. The number of amides is 1. The topological polar surface area (TPSA) is 56.8 Å². The molecule has 2 aromatic carbocycles. The van der Waals surface area contributed by atoms with Crippen molar-refractivity contribution in [3.05, 3.63) is 59.4 Å². The van der Waals surface area contributed by atoms with Gasteiger partial charge < -0.3 is 19.5 Å². The first kappa shape index (κ1) is 21.3. The second-order valence-electron chi connectivity index (χ2n) is 9.23. The number of halogens is 1. The lowest BCUT2D eigenvalue weighted by molar-refractivity contribution is -0.127. The van der Waals surface area contributed by atoms with E-state index in [0.29, 0.717) is 38.7 Å². The molecule has 0 bridgehead atoms. The highest BCUT2D eigenvalue weighted by Crippen LogP contribution is 2.45. The van der Waals surface area contributed by atoms with E-state index in [1.807, 2.05) is 24.3 Å². The molecule has 2 aliphatic heterocycles. The van der Waals surface area contributed by atoms with Crippen LogP contribution in [0.5, 0.6) is 11.5 Å². The first-order chi connectivity index (χ1) is 15.6. The number of carbonyl (C=O) groups excluding carboxylic acids is 1. The van der Waals surface area contributed by atoms with E-state index >= 15 is 0 Å². The van der Waals surface area contributed by atoms with Crippen LogP contribution in [0.2, 0.25) is 0 Å². The maximum absolute atomic E-state index is 14.0. The molecule has 32 heavy (non-hydrogen) atoms. The normalized spacial score (nSPS) is 21.2. The molecular weight excluding hydrogens is 409 g/mol. The zero-order valence-corrected chi connectivity index (χ0v) is 18.3. The molecule has 1 N–H and O–H groups in total. The Morgan fingerprint density at radius 3 is 2.38 bits per heavy atom. The molecular formula is C26H30FNO4. The van der Waals surface area contributed by atoms with Gasteiger partial charge in [0.15, 0.2) is 11.5 Å². The number of nitrogens with one attached hydrogen (secondary N) is 1. The summed E-state index contributed by atoms with van der Waals surface area (Å²) in [5.41, 5.74) is 1.04. The summed E-state index contributed by atoms with van der Waals surface area (Å²) in [6.07, 6.45) is 5.18. The third kappa shape index (κ3) is 3.85. The van der Waals surface area contributed by atoms with Crippen LogP contribution in [-0.2, 0) is 20.4 Å². The number of hydrogen-bond donors (Lipinski definition) is 1. The van der Waals surface area contributed by atoms with Crippen molar-refractivity contribution in [1.82, 2.24) is 5.32 Å². The van der Waals surface area contributed by atoms with E-state index in [1.54, 1.807) is 12.1 Å². The van der Waals surface area contributed by atoms with Gasteiger partial charge in [-0.15, -0.1) is 0 Å². The number of fused-ring (bicyclic) bond motifs is 1. The maximum Gasteiger partial charge on any atom is 0.230 e. The third-order valence-electron chi connectivity index (χ3n) is 7.46. The second kappa shape index (κ2) is 8.74. The molecule has 2 aromatic rings. The van der Waals surface area contributed by atoms with E-state index in [-0.39, 0.29) is 17.1 Å². The summed E-state index contributed by atoms with van der Waals surface area (Å²) in [5, 5.41) is 3.28. The summed E-state index contributed by atoms with van der Waals surface area (Å²) < 4.78 is 31.1. The number of carbonyl (C=O) groups is 1. The van der Waals surface area contributed by atoms with Gasteiger partial charge in [-0.3, -0.25) is 4.79 Å². The van der Waals surface area contributed by atoms with Crippen LogP contribution < -0.4 is 14.8 Å². The number of ether oxygens (including phenoxy) is 3. The van der Waals surface area contributed by atoms with Crippen LogP contribution in [0.4, 0.5) is 4.39 Å². The molecule has 0 aromatic heterocycles. The first-order valence-corrected chi connectivity index (χ1v) is 11.6. The first-order valence-electron chi connectivity index (χ1n) is 11.6. The summed E-state index contributed by atoms with van der Waals surface area (Å²) >= 11 is 0. The van der Waals surface area contributed by atoms with Gasteiger partial charge in [-0.2, -0.15) is 0 Å². The lowest BCUT2D eigenvalue weighted by Gasteiger charge is -2.39. The van der Waals surface area contributed by atoms with Crippen molar-refractivity contribution in [2.45, 2.75) is 49.4 Å². The minimum absolute atomic E-state index is 0.0500. The largest absolute Gasteiger partial charge is 0.486 e. The number of rotatable bonds is 5. The van der Waals surface area contributed by atoms with Gasteiger partial charge in [-0.05, 0) is 61.1 Å². The molecule has 2 fully saturated rings. The lowest BCUT2D eigenvalue weighted by atomic mass is 9.73. The Bertz CT molecular complexity index is 980. The third-order valence-corrected chi connectivity index (χ3v) is 7.46. The van der Waals surface area contributed by atoms with Gasteiger partial charge in [0.2, 0.25) is 5.91 Å². The molecule has 170 valence electrons. The summed E-state index contributed by atoms with van der Waals surface area (Å²) in [4.78, 5) is 13.7. The molecule has 1 aliphatic carbocycles. The smallest absolute Gasteiger partial charge is 0.230 e. The number of hydrogen-bond acceptors (Lipinski definition) is 4. The molecule has 3 aliphatic rings. The van der Waals surface area contributed by atoms with Gasteiger partial charge in [-0.25, -0.2) is 4.39 Å². The zero-order chi connectivity index (χ0) is 22.0. The molecule has 0 radical (unpaired) electrons. The average molecular weight is 440 g/mol. The molecule has 1 amide bonds. The minimum Gasteiger partial charge on any atom is -0.486 e. The molecule has 0 unspecified atom stereocenters. The van der Waals surface area contributed by atoms with E-state index in [2.05, 4.69) is 5.32 Å². The Balaban J connectivity index is 1.40. The fraction of sp³-hybridized carbons (Fsp3) is 0.500. The molecule has 2 heterocycles. The molecule has 1 saturated heterocycles. The number of benzene rings is 2. The zero-order valence-electron chi connectivity index (χ0n) is 18.3. The van der Waals surface area contributed by atoms with Gasteiger partial charge >= 0.3 is 0 Å². The fourth-order valence-corrected chi connectivity index (χ4v) is 5.53. The Morgan fingerprint density at radius 1 is 0.875 bits per heavy atom. The Kier molecular flexibility index (Phi) is 5.80. The molecule has 0 spiro atoms. The van der Waals surface area contributed by atoms with Crippen molar-refractivity contribution >= 4 is 5.91 Å². The monoisotopic (exact) mass is 439 g/mol. The van der Waals surface area contributed by atoms with Crippen LogP contribution in [0, 0.1) is 5.82 Å². The second-order valence-corrected chi connectivity index (χ2v) is 9.23. The highest BCUT2D eigenvalue weighted by atomic mass is 19.1. The predicted molar refractivity (Wildman–Crippen MR) is 119 cm³/mol. The average Bonchev–Trinajstić information content (AvgIpc) is 3.34. The van der Waals surface area contributed by atoms with E-state index < -0.39 is 5.41 Å². The summed E-state index contributed by atoms with van der Waals surface area (Å²) in [6.45, 7) is 2.77. The SMILES string of the molecule is O=C(NCC1(c2cccc(F)c2)CCOCC1)C1(c2ccc3c(c2)OCCO3)CCCC1. The standard InChI is InChI=1S/C26H30FNO4/c27-21-5-3-4-19(16-21)25(10-12-30-13-11-25)18-28-24(29)26(8-1-2-9-26)20-6-7-22-23(17-20)32-15-14-31-22/h3-7,16-17H,1-2,8-15,18H2,(H,28,29). The van der Waals surface area contributed by atoms with Crippen molar-refractivity contribution in [1.29, 1.82) is 0 Å². The van der Waals surface area contributed by atoms with Crippen LogP contribution >= 0.6 is 0 Å². The van der Waals surface area contributed by atoms with Crippen LogP contribution in [0.15, 0.2) is 42.5 Å². The highest BCUT2D eigenvalue weighted by Gasteiger charge is 2.44. The summed E-state index contributed by atoms with van der Waals surface area (Å²) in [6, 6.07) is 12.7.